The van der Waals surface area contributed by atoms with Crippen LogP contribution in [0.15, 0.2) is 423 Å². The van der Waals surface area contributed by atoms with E-state index in [1.54, 1.807) is 0 Å². The van der Waals surface area contributed by atoms with E-state index in [0.717, 1.165) is 135 Å². The van der Waals surface area contributed by atoms with E-state index in [0.29, 0.717) is 0 Å². The van der Waals surface area contributed by atoms with Crippen LogP contribution in [0.5, 0.6) is 0 Å². The molecule has 0 saturated heterocycles. The van der Waals surface area contributed by atoms with Crippen LogP contribution in [0.2, 0.25) is 39.3 Å². The zero-order valence-electron chi connectivity index (χ0n) is 80.2. The van der Waals surface area contributed by atoms with Crippen LogP contribution in [-0.4, -0.2) is 67.8 Å². The molecule has 4 aliphatic rings. The maximum Gasteiger partial charge on any atom is 0.160 e. The molecule has 10 nitrogen and oxygen atoms in total. The van der Waals surface area contributed by atoms with Crippen LogP contribution >= 0.6 is 11.3 Å². The molecular weight excluding hydrogens is 1810 g/mol. The fourth-order valence-electron chi connectivity index (χ4n) is 24.6. The Hall–Kier alpha value is -16.7. The minimum atomic E-state index is -2.11. The third-order valence-corrected chi connectivity index (χ3v) is 42.8. The number of aromatic nitrogens is 9. The van der Waals surface area contributed by atoms with Crippen molar-refractivity contribution in [3.63, 3.8) is 0 Å². The Morgan fingerprint density at radius 1 is 0.252 bits per heavy atom. The summed E-state index contributed by atoms with van der Waals surface area (Å²) in [5.41, 5.74) is 34.4. The summed E-state index contributed by atoms with van der Waals surface area (Å²) in [5.74, 6) is 2.31. The minimum Gasteiger partial charge on any atom is -0.454 e. The predicted octanol–water partition coefficient (Wildman–Crippen LogP) is 29.7. The number of hydrogen-bond donors (Lipinski definition) is 0. The van der Waals surface area contributed by atoms with Gasteiger partial charge in [0, 0.05) is 114 Å². The number of hydrogen-bond acceptors (Lipinski definition) is 8. The lowest BCUT2D eigenvalue weighted by atomic mass is 9.81. The molecule has 30 rings (SSSR count). The number of fused-ring (bicyclic) bond motifs is 30. The van der Waals surface area contributed by atoms with Gasteiger partial charge in [0.25, 0.3) is 0 Å². The van der Waals surface area contributed by atoms with Crippen molar-refractivity contribution in [1.82, 2.24) is 43.6 Å². The fraction of sp³-hybridized carbons (Fsp3) is 0.0698. The molecule has 0 radical (unpaired) electrons. The summed E-state index contributed by atoms with van der Waals surface area (Å²) in [6, 6.07) is 151. The van der Waals surface area contributed by atoms with Gasteiger partial charge in [0.1, 0.15) is 29.8 Å². The molecule has 0 unspecified atom stereocenters. The number of thiophene rings is 1. The van der Waals surface area contributed by atoms with Gasteiger partial charge >= 0.3 is 0 Å². The summed E-state index contributed by atoms with van der Waals surface area (Å²) >= 11 is 1.89. The summed E-state index contributed by atoms with van der Waals surface area (Å²) in [6.45, 7) is 19.4. The van der Waals surface area contributed by atoms with Crippen LogP contribution in [0.25, 0.3) is 237 Å². The molecular formula is C129H93N9OSSi3. The maximum absolute atomic E-state index is 6.62. The second-order valence-electron chi connectivity index (χ2n) is 40.6. The van der Waals surface area contributed by atoms with Gasteiger partial charge in [-0.1, -0.05) is 399 Å². The molecule has 1 aliphatic carbocycles. The summed E-state index contributed by atoms with van der Waals surface area (Å²) < 4.78 is 16.6. The molecule has 11 heterocycles. The van der Waals surface area contributed by atoms with E-state index in [2.05, 4.69) is 461 Å². The van der Waals surface area contributed by atoms with Gasteiger partial charge < -0.3 is 18.1 Å². The Morgan fingerprint density at radius 3 is 1.12 bits per heavy atom. The van der Waals surface area contributed by atoms with Crippen LogP contribution < -0.4 is 31.1 Å². The Balaban J connectivity index is 0.000000105. The van der Waals surface area contributed by atoms with Crippen LogP contribution in [0.4, 0.5) is 0 Å². The zero-order valence-corrected chi connectivity index (χ0v) is 84.0. The average molecular weight is 1900 g/mol. The molecule has 0 bridgehead atoms. The molecule has 0 fully saturated rings. The van der Waals surface area contributed by atoms with E-state index in [1.807, 2.05) is 35.6 Å². The lowest BCUT2D eigenvalue weighted by Crippen LogP contribution is -2.50. The maximum atomic E-state index is 6.62. The van der Waals surface area contributed by atoms with Crippen molar-refractivity contribution in [2.75, 3.05) is 0 Å². The normalized spacial score (nSPS) is 14.0. The third-order valence-electron chi connectivity index (χ3n) is 31.1. The first kappa shape index (κ1) is 84.3. The van der Waals surface area contributed by atoms with E-state index < -0.39 is 24.2 Å². The van der Waals surface area contributed by atoms with E-state index in [4.69, 9.17) is 34.3 Å². The molecule has 3 aliphatic heterocycles. The van der Waals surface area contributed by atoms with Gasteiger partial charge in [-0.05, 0) is 143 Å². The molecule has 0 saturated carbocycles. The van der Waals surface area contributed by atoms with Crippen molar-refractivity contribution in [3.05, 3.63) is 430 Å². The molecule has 26 aromatic rings. The van der Waals surface area contributed by atoms with Gasteiger partial charge in [0.15, 0.2) is 23.1 Å². The molecule has 143 heavy (non-hydrogen) atoms. The molecule has 678 valence electrons. The number of rotatable bonds is 9. The van der Waals surface area contributed by atoms with Crippen LogP contribution in [0, 0.1) is 0 Å². The highest BCUT2D eigenvalue weighted by Gasteiger charge is 2.46. The SMILES string of the molecule is CC1(C)c2ccccc2-c2ccc3c4ccccc4n(-c4ccc(-c5nc(-c6ccccc6)nc6c5[Si](C)(C)c5ccccc5-6)cc4)c3c21.C[Si]1(C)c2ccccc2-c2nc(-c3ccccc3)nc(-c3cccc(-n4c5ccccc5c5ccc6c7ccccc7oc6c54)c3)c21.C[Si]1(C)c2ccccc2-c2nc(-c3ccccc3)nc(-c3cccc(-n4c5ccccc5c5ccc6c7ccccc7sc6c54)c3)c21. The number of nitrogens with zero attached hydrogens (tertiary/aromatic N) is 9. The standard InChI is InChI=1S/C45H35N3Si.C42H29N3OSi.C42H29N3SSi/c1-45(2)36-19-11-8-16-31(36)33-26-27-34-32-17-9-12-20-37(32)48(42(34)39(33)45)30-24-22-28(23-25-30)40-43-41(35-18-10-13-21-38(35)49(43,3)4)47-44(46-40)29-14-6-5-7-15-29;2*1-47(2)36-22-11-8-19-33(36)38-41(47)37(43-42(44-38)26-13-4-3-5-14-26)27-15-12-16-28(25-27)45-34-20-9-6-17-29(34)31-23-24-32-30-18-7-10-21-35(30)46-40(32)39(31)45/h5-27H,1-4H3;2*3-25H,1-2H3. The molecule has 8 aromatic heterocycles. The minimum absolute atomic E-state index is 0.127. The van der Waals surface area contributed by atoms with Crippen LogP contribution in [0.3, 0.4) is 0 Å². The quantitative estimate of drug-likeness (QED) is 0.133. The van der Waals surface area contributed by atoms with Gasteiger partial charge in [0.05, 0.1) is 72.0 Å². The molecule has 0 N–H and O–H groups in total. The highest BCUT2D eigenvalue weighted by molar-refractivity contribution is 7.26. The highest BCUT2D eigenvalue weighted by Crippen LogP contribution is 2.54. The number of benzene rings is 18. The first-order valence-electron chi connectivity index (χ1n) is 49.4. The zero-order chi connectivity index (χ0) is 95.6. The van der Waals surface area contributed by atoms with Crippen molar-refractivity contribution >= 4 is 174 Å². The number of furan rings is 1. The van der Waals surface area contributed by atoms with Crippen LogP contribution in [0.1, 0.15) is 25.0 Å². The Kier molecular flexibility index (Phi) is 18.8. The summed E-state index contributed by atoms with van der Waals surface area (Å²) in [4.78, 5) is 31.9. The van der Waals surface area contributed by atoms with E-state index >= 15 is 0 Å². The molecule has 0 spiro atoms. The average Bonchev–Trinajstić information content (AvgIpc) is 1.50. The Bertz CT molecular complexity index is 9500. The first-order chi connectivity index (χ1) is 70.0. The van der Waals surface area contributed by atoms with Gasteiger partial charge in [-0.15, -0.1) is 11.3 Å². The molecule has 14 heteroatoms. The fourth-order valence-corrected chi connectivity index (χ4v) is 35.5. The second-order valence-corrected chi connectivity index (χ2v) is 54.5. The monoisotopic (exact) mass is 1900 g/mol. The van der Waals surface area contributed by atoms with Crippen molar-refractivity contribution in [2.24, 2.45) is 0 Å². The summed E-state index contributed by atoms with van der Waals surface area (Å²) in [5, 5.41) is 20.6. The van der Waals surface area contributed by atoms with Crippen molar-refractivity contribution in [2.45, 2.75) is 58.5 Å². The Morgan fingerprint density at radius 2 is 0.615 bits per heavy atom. The molecule has 0 amide bonds. The Labute approximate surface area is 834 Å². The number of para-hydroxylation sites is 4. The smallest absolute Gasteiger partial charge is 0.160 e. The van der Waals surface area contributed by atoms with Gasteiger partial charge in [-0.3, -0.25) is 0 Å². The van der Waals surface area contributed by atoms with E-state index in [1.165, 1.54) is 145 Å². The van der Waals surface area contributed by atoms with Crippen molar-refractivity contribution in [1.29, 1.82) is 0 Å². The topological polar surface area (TPSA) is 105 Å². The molecule has 0 atom stereocenters. The second kappa shape index (κ2) is 31.9. The van der Waals surface area contributed by atoms with Gasteiger partial charge in [-0.25, -0.2) is 29.9 Å². The van der Waals surface area contributed by atoms with Crippen molar-refractivity contribution < 1.29 is 4.42 Å². The first-order valence-corrected chi connectivity index (χ1v) is 59.2. The van der Waals surface area contributed by atoms with E-state index in [-0.39, 0.29) is 5.41 Å². The highest BCUT2D eigenvalue weighted by atomic mass is 32.1. The van der Waals surface area contributed by atoms with Crippen molar-refractivity contribution in [3.8, 4) is 130 Å². The van der Waals surface area contributed by atoms with Gasteiger partial charge in [0.2, 0.25) is 0 Å². The largest absolute Gasteiger partial charge is 0.454 e. The van der Waals surface area contributed by atoms with E-state index in [9.17, 15) is 0 Å². The predicted molar refractivity (Wildman–Crippen MR) is 606 cm³/mol. The van der Waals surface area contributed by atoms with Crippen LogP contribution in [-0.2, 0) is 5.41 Å². The summed E-state index contributed by atoms with van der Waals surface area (Å²) in [7, 11) is -6.26. The lowest BCUT2D eigenvalue weighted by Gasteiger charge is -2.24. The van der Waals surface area contributed by atoms with Gasteiger partial charge in [-0.2, -0.15) is 0 Å². The third kappa shape index (κ3) is 12.7. The lowest BCUT2D eigenvalue weighted by molar-refractivity contribution is 0.664. The summed E-state index contributed by atoms with van der Waals surface area (Å²) in [6.07, 6.45) is 0. The molecule has 18 aromatic carbocycles.